The van der Waals surface area contributed by atoms with E-state index in [-0.39, 0.29) is 23.7 Å². The summed E-state index contributed by atoms with van der Waals surface area (Å²) >= 11 is 0. The average Bonchev–Trinajstić information content (AvgIpc) is 3.42. The normalized spacial score (nSPS) is 19.4. The van der Waals surface area contributed by atoms with Crippen molar-refractivity contribution in [3.8, 4) is 11.5 Å². The van der Waals surface area contributed by atoms with E-state index in [9.17, 15) is 9.59 Å². The molecule has 2 aliphatic rings. The number of para-hydroxylation sites is 2. The summed E-state index contributed by atoms with van der Waals surface area (Å²) in [4.78, 5) is 33.5. The molecule has 2 atom stereocenters. The van der Waals surface area contributed by atoms with Crippen molar-refractivity contribution in [3.05, 3.63) is 89.5 Å². The van der Waals surface area contributed by atoms with Crippen LogP contribution in [-0.4, -0.2) is 75.1 Å². The van der Waals surface area contributed by atoms with Crippen LogP contribution in [0, 0.1) is 12.8 Å². The molecule has 0 aromatic heterocycles. The summed E-state index contributed by atoms with van der Waals surface area (Å²) in [7, 11) is 3.28. The van der Waals surface area contributed by atoms with Crippen molar-refractivity contribution >= 4 is 17.5 Å². The molecule has 0 N–H and O–H groups in total. The average molecular weight is 514 g/mol. The third-order valence-electron chi connectivity index (χ3n) is 7.76. The van der Waals surface area contributed by atoms with Crippen LogP contribution in [0.15, 0.2) is 72.8 Å². The van der Waals surface area contributed by atoms with Crippen molar-refractivity contribution in [1.29, 1.82) is 0 Å². The first-order valence-corrected chi connectivity index (χ1v) is 13.1. The number of piperazine rings is 1. The predicted octanol–water partition coefficient (Wildman–Crippen LogP) is 4.22. The summed E-state index contributed by atoms with van der Waals surface area (Å²) < 4.78 is 10.9. The van der Waals surface area contributed by atoms with Gasteiger partial charge in [-0.2, -0.15) is 0 Å². The van der Waals surface area contributed by atoms with E-state index >= 15 is 0 Å². The van der Waals surface area contributed by atoms with Crippen LogP contribution in [0.5, 0.6) is 11.5 Å². The Labute approximate surface area is 224 Å². The molecule has 2 unspecified atom stereocenters. The van der Waals surface area contributed by atoms with Gasteiger partial charge in [0, 0.05) is 50.7 Å². The van der Waals surface area contributed by atoms with Crippen molar-refractivity contribution in [2.45, 2.75) is 12.8 Å². The lowest BCUT2D eigenvalue weighted by molar-refractivity contribution is -0.135. The number of likely N-dealkylation sites (tertiary alicyclic amines) is 1. The number of ether oxygens (including phenoxy) is 2. The molecule has 2 amide bonds. The SMILES string of the molecule is COc1cccc(C(=O)N2CC(C(=O)N3CCN(c4ccccc4OC)CC3)C(c3ccc(C)cc3)C2)c1. The lowest BCUT2D eigenvalue weighted by Gasteiger charge is -2.38. The van der Waals surface area contributed by atoms with Gasteiger partial charge in [0.1, 0.15) is 11.5 Å². The van der Waals surface area contributed by atoms with Crippen molar-refractivity contribution in [3.63, 3.8) is 0 Å². The fraction of sp³-hybridized carbons (Fsp3) is 0.355. The van der Waals surface area contributed by atoms with Gasteiger partial charge in [-0.05, 0) is 42.8 Å². The Morgan fingerprint density at radius 2 is 1.53 bits per heavy atom. The van der Waals surface area contributed by atoms with E-state index in [2.05, 4.69) is 42.2 Å². The first-order valence-electron chi connectivity index (χ1n) is 13.1. The second-order valence-electron chi connectivity index (χ2n) is 10.0. The highest BCUT2D eigenvalue weighted by Crippen LogP contribution is 2.36. The molecule has 3 aromatic rings. The predicted molar refractivity (Wildman–Crippen MR) is 148 cm³/mol. The number of hydrogen-bond acceptors (Lipinski definition) is 5. The van der Waals surface area contributed by atoms with Crippen molar-refractivity contribution < 1.29 is 19.1 Å². The molecule has 2 heterocycles. The number of carbonyl (C=O) groups excluding carboxylic acids is 2. The molecule has 2 saturated heterocycles. The van der Waals surface area contributed by atoms with E-state index in [1.165, 1.54) is 5.56 Å². The Morgan fingerprint density at radius 1 is 0.789 bits per heavy atom. The molecular weight excluding hydrogens is 478 g/mol. The monoisotopic (exact) mass is 513 g/mol. The third kappa shape index (κ3) is 5.19. The Bertz CT molecular complexity index is 1280. The van der Waals surface area contributed by atoms with Crippen molar-refractivity contribution in [2.75, 3.05) is 58.4 Å². The van der Waals surface area contributed by atoms with E-state index in [1.807, 2.05) is 40.1 Å². The molecular formula is C31H35N3O4. The number of nitrogens with zero attached hydrogens (tertiary/aromatic N) is 3. The number of hydrogen-bond donors (Lipinski definition) is 0. The van der Waals surface area contributed by atoms with Gasteiger partial charge in [0.2, 0.25) is 5.91 Å². The van der Waals surface area contributed by atoms with Crippen LogP contribution in [0.3, 0.4) is 0 Å². The van der Waals surface area contributed by atoms with Crippen LogP contribution in [-0.2, 0) is 4.79 Å². The smallest absolute Gasteiger partial charge is 0.254 e. The molecule has 5 rings (SSSR count). The second-order valence-corrected chi connectivity index (χ2v) is 10.0. The summed E-state index contributed by atoms with van der Waals surface area (Å²) in [5.41, 5.74) is 3.90. The van der Waals surface area contributed by atoms with Gasteiger partial charge in [0.05, 0.1) is 25.8 Å². The number of benzene rings is 3. The second kappa shape index (κ2) is 11.2. The molecule has 2 fully saturated rings. The summed E-state index contributed by atoms with van der Waals surface area (Å²) in [6.45, 7) is 5.72. The molecule has 2 aliphatic heterocycles. The number of amides is 2. The third-order valence-corrected chi connectivity index (χ3v) is 7.76. The van der Waals surface area contributed by atoms with E-state index in [1.54, 1.807) is 26.4 Å². The maximum atomic E-state index is 13.9. The number of carbonyl (C=O) groups is 2. The van der Waals surface area contributed by atoms with Gasteiger partial charge < -0.3 is 24.2 Å². The number of anilines is 1. The Morgan fingerprint density at radius 3 is 2.24 bits per heavy atom. The largest absolute Gasteiger partial charge is 0.497 e. The van der Waals surface area contributed by atoms with Gasteiger partial charge in [-0.25, -0.2) is 0 Å². The molecule has 0 saturated carbocycles. The van der Waals surface area contributed by atoms with E-state index < -0.39 is 0 Å². The summed E-state index contributed by atoms with van der Waals surface area (Å²) in [6, 6.07) is 23.6. The fourth-order valence-corrected chi connectivity index (χ4v) is 5.60. The Balaban J connectivity index is 1.34. The van der Waals surface area contributed by atoms with Crippen molar-refractivity contribution in [1.82, 2.24) is 9.80 Å². The lowest BCUT2D eigenvalue weighted by atomic mass is 9.87. The zero-order chi connectivity index (χ0) is 26.6. The maximum absolute atomic E-state index is 13.9. The highest BCUT2D eigenvalue weighted by Gasteiger charge is 2.42. The van der Waals surface area contributed by atoms with Gasteiger partial charge in [0.15, 0.2) is 0 Å². The van der Waals surface area contributed by atoms with Gasteiger partial charge >= 0.3 is 0 Å². The van der Waals surface area contributed by atoms with Gasteiger partial charge in [0.25, 0.3) is 5.91 Å². The standard InChI is InChI=1S/C31H35N3O4/c1-22-11-13-23(14-12-22)26-20-34(30(35)24-7-6-8-25(19-24)37-2)21-27(26)31(36)33-17-15-32(16-18-33)28-9-4-5-10-29(28)38-3/h4-14,19,26-27H,15-18,20-21H2,1-3H3. The van der Waals surface area contributed by atoms with Crippen LogP contribution in [0.2, 0.25) is 0 Å². The zero-order valence-corrected chi connectivity index (χ0v) is 22.3. The van der Waals surface area contributed by atoms with E-state index in [0.717, 1.165) is 30.1 Å². The van der Waals surface area contributed by atoms with Crippen LogP contribution >= 0.6 is 0 Å². The number of rotatable bonds is 6. The molecule has 7 nitrogen and oxygen atoms in total. The molecule has 38 heavy (non-hydrogen) atoms. The summed E-state index contributed by atoms with van der Waals surface area (Å²) in [5.74, 6) is 1.20. The molecule has 0 radical (unpaired) electrons. The minimum absolute atomic E-state index is 0.0510. The molecule has 0 bridgehead atoms. The molecule has 0 aliphatic carbocycles. The first-order chi connectivity index (χ1) is 18.5. The Kier molecular flexibility index (Phi) is 7.54. The van der Waals surface area contributed by atoms with Crippen LogP contribution in [0.1, 0.15) is 27.4 Å². The topological polar surface area (TPSA) is 62.3 Å². The molecule has 198 valence electrons. The quantitative estimate of drug-likeness (QED) is 0.494. The minimum Gasteiger partial charge on any atom is -0.497 e. The number of aryl methyl sites for hydroxylation is 1. The van der Waals surface area contributed by atoms with Gasteiger partial charge in [-0.3, -0.25) is 9.59 Å². The summed E-state index contributed by atoms with van der Waals surface area (Å²) in [6.07, 6.45) is 0. The maximum Gasteiger partial charge on any atom is 0.254 e. The van der Waals surface area contributed by atoms with E-state index in [4.69, 9.17) is 9.47 Å². The fourth-order valence-electron chi connectivity index (χ4n) is 5.60. The number of methoxy groups -OCH3 is 2. The molecule has 7 heteroatoms. The highest BCUT2D eigenvalue weighted by atomic mass is 16.5. The van der Waals surface area contributed by atoms with Crippen molar-refractivity contribution in [2.24, 2.45) is 5.92 Å². The lowest BCUT2D eigenvalue weighted by Crippen LogP contribution is -2.51. The van der Waals surface area contributed by atoms with E-state index in [0.29, 0.717) is 37.5 Å². The zero-order valence-electron chi connectivity index (χ0n) is 22.3. The Hall–Kier alpha value is -4.00. The minimum atomic E-state index is -0.287. The molecule has 3 aromatic carbocycles. The van der Waals surface area contributed by atoms with Gasteiger partial charge in [-0.1, -0.05) is 48.0 Å². The molecule has 0 spiro atoms. The summed E-state index contributed by atoms with van der Waals surface area (Å²) in [5, 5.41) is 0. The highest BCUT2D eigenvalue weighted by molar-refractivity contribution is 5.95. The first kappa shape index (κ1) is 25.6. The van der Waals surface area contributed by atoms with Gasteiger partial charge in [-0.15, -0.1) is 0 Å². The van der Waals surface area contributed by atoms with Crippen LogP contribution in [0.4, 0.5) is 5.69 Å². The van der Waals surface area contributed by atoms with Crippen LogP contribution in [0.25, 0.3) is 0 Å². The van der Waals surface area contributed by atoms with Crippen LogP contribution < -0.4 is 14.4 Å².